The first-order chi connectivity index (χ1) is 13.3. The van der Waals surface area contributed by atoms with Crippen molar-refractivity contribution in [2.45, 2.75) is 6.42 Å². The fourth-order valence-electron chi connectivity index (χ4n) is 3.08. The molecule has 3 aromatic rings. The quantitative estimate of drug-likeness (QED) is 0.696. The van der Waals surface area contributed by atoms with Crippen molar-refractivity contribution < 1.29 is 9.84 Å². The molecule has 7 heteroatoms. The summed E-state index contributed by atoms with van der Waals surface area (Å²) in [5.74, 6) is 2.93. The van der Waals surface area contributed by atoms with Crippen molar-refractivity contribution in [1.29, 1.82) is 0 Å². The Kier molecular flexibility index (Phi) is 5.11. The van der Waals surface area contributed by atoms with Gasteiger partial charge in [0.15, 0.2) is 5.82 Å². The summed E-state index contributed by atoms with van der Waals surface area (Å²) < 4.78 is 5.97. The van der Waals surface area contributed by atoms with E-state index in [9.17, 15) is 5.11 Å². The van der Waals surface area contributed by atoms with Crippen LogP contribution >= 0.6 is 0 Å². The molecule has 0 radical (unpaired) electrons. The van der Waals surface area contributed by atoms with Gasteiger partial charge in [0.05, 0.1) is 0 Å². The second kappa shape index (κ2) is 8.01. The average molecular weight is 363 g/mol. The number of nitrogens with zero attached hydrogens (tertiary/aromatic N) is 4. The molecule has 0 aliphatic carbocycles. The van der Waals surface area contributed by atoms with Crippen LogP contribution in [0.25, 0.3) is 0 Å². The Balaban J connectivity index is 1.46. The summed E-state index contributed by atoms with van der Waals surface area (Å²) in [5, 5.41) is 12.6. The normalized spacial score (nSPS) is 16.3. The Morgan fingerprint density at radius 2 is 1.89 bits per heavy atom. The Labute approximate surface area is 157 Å². The highest BCUT2D eigenvalue weighted by Gasteiger charge is 2.25. The number of benzene rings is 1. The first kappa shape index (κ1) is 17.2. The molecule has 0 spiro atoms. The molecule has 7 nitrogen and oxygen atoms in total. The van der Waals surface area contributed by atoms with Crippen LogP contribution < -0.4 is 15.0 Å². The van der Waals surface area contributed by atoms with Gasteiger partial charge in [-0.2, -0.15) is 0 Å². The van der Waals surface area contributed by atoms with E-state index in [0.29, 0.717) is 17.4 Å². The molecule has 1 saturated heterocycles. The molecule has 1 aliphatic heterocycles. The fourth-order valence-corrected chi connectivity index (χ4v) is 3.08. The summed E-state index contributed by atoms with van der Waals surface area (Å²) in [5.41, 5.74) is 0.922. The number of aromatic nitrogens is 3. The summed E-state index contributed by atoms with van der Waals surface area (Å²) in [6.45, 7) is 1.80. The van der Waals surface area contributed by atoms with Crippen LogP contribution in [0.2, 0.25) is 0 Å². The van der Waals surface area contributed by atoms with Gasteiger partial charge in [0.2, 0.25) is 0 Å². The lowest BCUT2D eigenvalue weighted by atomic mass is 10.1. The minimum atomic E-state index is 0.192. The predicted molar refractivity (Wildman–Crippen MR) is 103 cm³/mol. The molecule has 0 saturated carbocycles. The van der Waals surface area contributed by atoms with Crippen LogP contribution in [0.15, 0.2) is 61.1 Å². The molecule has 2 aromatic heterocycles. The van der Waals surface area contributed by atoms with Gasteiger partial charge in [-0.25, -0.2) is 15.0 Å². The van der Waals surface area contributed by atoms with E-state index in [-0.39, 0.29) is 12.5 Å². The van der Waals surface area contributed by atoms with Crippen molar-refractivity contribution in [2.24, 2.45) is 5.92 Å². The van der Waals surface area contributed by atoms with Crippen LogP contribution in [0, 0.1) is 5.92 Å². The van der Waals surface area contributed by atoms with Crippen LogP contribution in [-0.4, -0.2) is 39.8 Å². The van der Waals surface area contributed by atoms with Crippen molar-refractivity contribution in [2.75, 3.05) is 29.9 Å². The third-order valence-electron chi connectivity index (χ3n) is 4.50. The highest BCUT2D eigenvalue weighted by Crippen LogP contribution is 2.32. The number of ether oxygens (including phenoxy) is 1. The maximum Gasteiger partial charge on any atom is 0.263 e. The third-order valence-corrected chi connectivity index (χ3v) is 4.50. The Morgan fingerprint density at radius 3 is 2.63 bits per heavy atom. The zero-order chi connectivity index (χ0) is 18.5. The van der Waals surface area contributed by atoms with Gasteiger partial charge in [0.25, 0.3) is 5.88 Å². The number of pyridine rings is 1. The van der Waals surface area contributed by atoms with E-state index in [2.05, 4.69) is 25.2 Å². The van der Waals surface area contributed by atoms with E-state index < -0.39 is 0 Å². The van der Waals surface area contributed by atoms with Crippen LogP contribution in [0.4, 0.5) is 17.3 Å². The second-order valence-corrected chi connectivity index (χ2v) is 6.43. The Bertz CT molecular complexity index is 873. The molecule has 2 N–H and O–H groups in total. The van der Waals surface area contributed by atoms with Gasteiger partial charge in [-0.3, -0.25) is 0 Å². The summed E-state index contributed by atoms with van der Waals surface area (Å²) in [4.78, 5) is 15.1. The molecule has 0 unspecified atom stereocenters. The summed E-state index contributed by atoms with van der Waals surface area (Å²) in [6.07, 6.45) is 5.97. The summed E-state index contributed by atoms with van der Waals surface area (Å²) >= 11 is 0. The molecule has 1 atom stereocenters. The predicted octanol–water partition coefficient (Wildman–Crippen LogP) is 3.23. The van der Waals surface area contributed by atoms with Gasteiger partial charge in [-0.1, -0.05) is 6.07 Å². The fraction of sp³-hybridized carbons (Fsp3) is 0.250. The Hall–Kier alpha value is -3.19. The van der Waals surface area contributed by atoms with Crippen molar-refractivity contribution in [3.8, 4) is 11.6 Å². The van der Waals surface area contributed by atoms with Gasteiger partial charge in [-0.15, -0.1) is 0 Å². The van der Waals surface area contributed by atoms with Crippen LogP contribution in [-0.2, 0) is 0 Å². The third kappa shape index (κ3) is 4.15. The smallest absolute Gasteiger partial charge is 0.263 e. The standard InChI is InChI=1S/C20H21N5O2/c26-14-15-8-12-25(13-15)19-20(23-11-10-22-19)27-17-6-4-16(5-7-17)24-18-3-1-2-9-21-18/h1-7,9-11,15,26H,8,12-14H2,(H,21,24)/t15-/m0/s1. The number of rotatable bonds is 6. The topological polar surface area (TPSA) is 83.4 Å². The minimum absolute atomic E-state index is 0.192. The average Bonchev–Trinajstić information content (AvgIpc) is 3.20. The Morgan fingerprint density at radius 1 is 1.04 bits per heavy atom. The zero-order valence-electron chi connectivity index (χ0n) is 14.8. The molecule has 3 heterocycles. The highest BCUT2D eigenvalue weighted by atomic mass is 16.5. The number of aliphatic hydroxyl groups excluding tert-OH is 1. The number of hydrogen-bond donors (Lipinski definition) is 2. The first-order valence-electron chi connectivity index (χ1n) is 8.94. The van der Waals surface area contributed by atoms with Crippen molar-refractivity contribution in [3.63, 3.8) is 0 Å². The molecular formula is C20H21N5O2. The van der Waals surface area contributed by atoms with E-state index in [1.807, 2.05) is 42.5 Å². The maximum atomic E-state index is 9.36. The van der Waals surface area contributed by atoms with Gasteiger partial charge in [-0.05, 0) is 42.8 Å². The molecule has 1 fully saturated rings. The molecule has 27 heavy (non-hydrogen) atoms. The summed E-state index contributed by atoms with van der Waals surface area (Å²) in [6, 6.07) is 13.3. The number of anilines is 3. The first-order valence-corrected chi connectivity index (χ1v) is 8.94. The summed E-state index contributed by atoms with van der Waals surface area (Å²) in [7, 11) is 0. The van der Waals surface area contributed by atoms with Gasteiger partial charge in [0, 0.05) is 49.9 Å². The molecular weight excluding hydrogens is 342 g/mol. The van der Waals surface area contributed by atoms with Crippen molar-refractivity contribution >= 4 is 17.3 Å². The lowest BCUT2D eigenvalue weighted by Gasteiger charge is -2.19. The molecule has 1 aliphatic rings. The molecule has 4 rings (SSSR count). The molecule has 0 bridgehead atoms. The monoisotopic (exact) mass is 363 g/mol. The molecule has 0 amide bonds. The largest absolute Gasteiger partial charge is 0.436 e. The van der Waals surface area contributed by atoms with E-state index in [1.54, 1.807) is 18.6 Å². The van der Waals surface area contributed by atoms with E-state index >= 15 is 0 Å². The van der Waals surface area contributed by atoms with E-state index in [0.717, 1.165) is 31.0 Å². The van der Waals surface area contributed by atoms with Crippen LogP contribution in [0.5, 0.6) is 11.6 Å². The van der Waals surface area contributed by atoms with Crippen molar-refractivity contribution in [1.82, 2.24) is 15.0 Å². The van der Waals surface area contributed by atoms with Crippen LogP contribution in [0.1, 0.15) is 6.42 Å². The van der Waals surface area contributed by atoms with E-state index in [1.165, 1.54) is 0 Å². The SMILES string of the molecule is OC[C@H]1CCN(c2nccnc2Oc2ccc(Nc3ccccn3)cc2)C1. The van der Waals surface area contributed by atoms with Crippen LogP contribution in [0.3, 0.4) is 0 Å². The van der Waals surface area contributed by atoms with Crippen molar-refractivity contribution in [3.05, 3.63) is 61.1 Å². The number of hydrogen-bond acceptors (Lipinski definition) is 7. The lowest BCUT2D eigenvalue weighted by Crippen LogP contribution is -2.22. The number of aliphatic hydroxyl groups is 1. The van der Waals surface area contributed by atoms with Gasteiger partial charge >= 0.3 is 0 Å². The molecule has 1 aromatic carbocycles. The van der Waals surface area contributed by atoms with E-state index in [4.69, 9.17) is 4.74 Å². The zero-order valence-corrected chi connectivity index (χ0v) is 14.8. The highest BCUT2D eigenvalue weighted by molar-refractivity contribution is 5.57. The lowest BCUT2D eigenvalue weighted by molar-refractivity contribution is 0.238. The molecule has 138 valence electrons. The number of nitrogens with one attached hydrogen (secondary N) is 1. The minimum Gasteiger partial charge on any atom is -0.436 e. The van der Waals surface area contributed by atoms with Gasteiger partial charge in [0.1, 0.15) is 11.6 Å². The second-order valence-electron chi connectivity index (χ2n) is 6.43. The maximum absolute atomic E-state index is 9.36. The van der Waals surface area contributed by atoms with Gasteiger partial charge < -0.3 is 20.1 Å².